The molecular weight excluding hydrogens is 393 g/mol. The zero-order chi connectivity index (χ0) is 20.5. The Morgan fingerprint density at radius 3 is 2.68 bits per heavy atom. The van der Waals surface area contributed by atoms with Crippen LogP contribution in [0.5, 0.6) is 0 Å². The highest BCUT2D eigenvalue weighted by Crippen LogP contribution is 2.39. The standard InChI is InChI=1S/C20H20ClF3N2O2/c1-12-5-4-6-16(25-12)18(26-10-3-2-7-17(26)19(27)28)13-8-9-15(21)14(11-13)20(22,23)24/h4-6,8-9,11,17-18H,2-3,7,10H2,1H3,(H,27,28). The molecule has 150 valence electrons. The van der Waals surface area contributed by atoms with Gasteiger partial charge in [0.05, 0.1) is 22.3 Å². The number of piperidine rings is 1. The van der Waals surface area contributed by atoms with Crippen LogP contribution in [0.4, 0.5) is 13.2 Å². The number of hydrogen-bond acceptors (Lipinski definition) is 3. The maximum absolute atomic E-state index is 13.4. The van der Waals surface area contributed by atoms with Crippen LogP contribution in [0.2, 0.25) is 5.02 Å². The van der Waals surface area contributed by atoms with E-state index >= 15 is 0 Å². The summed E-state index contributed by atoms with van der Waals surface area (Å²) >= 11 is 5.78. The van der Waals surface area contributed by atoms with Gasteiger partial charge in [-0.2, -0.15) is 13.2 Å². The molecule has 2 aromatic rings. The third kappa shape index (κ3) is 4.31. The van der Waals surface area contributed by atoms with Gasteiger partial charge in [0.1, 0.15) is 6.04 Å². The Labute approximate surface area is 166 Å². The van der Waals surface area contributed by atoms with Crippen LogP contribution < -0.4 is 0 Å². The number of hydrogen-bond donors (Lipinski definition) is 1. The number of likely N-dealkylation sites (tertiary alicyclic amines) is 1. The third-order valence-electron chi connectivity index (χ3n) is 4.96. The molecule has 0 bridgehead atoms. The number of rotatable bonds is 4. The molecule has 28 heavy (non-hydrogen) atoms. The van der Waals surface area contributed by atoms with Crippen LogP contribution in [0.3, 0.4) is 0 Å². The fourth-order valence-electron chi connectivity index (χ4n) is 3.71. The quantitative estimate of drug-likeness (QED) is 0.759. The molecule has 8 heteroatoms. The maximum atomic E-state index is 13.4. The first-order valence-electron chi connectivity index (χ1n) is 8.97. The van der Waals surface area contributed by atoms with E-state index in [1.807, 2.05) is 0 Å². The van der Waals surface area contributed by atoms with Gasteiger partial charge in [0.15, 0.2) is 0 Å². The zero-order valence-electron chi connectivity index (χ0n) is 15.2. The fraction of sp³-hybridized carbons (Fsp3) is 0.400. The van der Waals surface area contributed by atoms with Gasteiger partial charge in [0.2, 0.25) is 0 Å². The summed E-state index contributed by atoms with van der Waals surface area (Å²) in [5.74, 6) is -0.984. The number of halogens is 4. The molecule has 1 aromatic heterocycles. The number of alkyl halides is 3. The average molecular weight is 413 g/mol. The summed E-state index contributed by atoms with van der Waals surface area (Å²) in [5, 5.41) is 9.28. The summed E-state index contributed by atoms with van der Waals surface area (Å²) in [6.07, 6.45) is -2.63. The number of carboxylic acid groups (broad SMARTS) is 1. The molecule has 0 aliphatic carbocycles. The smallest absolute Gasteiger partial charge is 0.417 e. The Bertz CT molecular complexity index is 873. The van der Waals surface area contributed by atoms with Crippen molar-refractivity contribution in [2.45, 2.75) is 44.4 Å². The van der Waals surface area contributed by atoms with Crippen LogP contribution in [-0.2, 0) is 11.0 Å². The Morgan fingerprint density at radius 1 is 1.29 bits per heavy atom. The fourth-order valence-corrected chi connectivity index (χ4v) is 3.93. The number of carbonyl (C=O) groups is 1. The monoisotopic (exact) mass is 412 g/mol. The first-order chi connectivity index (χ1) is 13.2. The lowest BCUT2D eigenvalue weighted by molar-refractivity contribution is -0.145. The molecule has 0 saturated carbocycles. The van der Waals surface area contributed by atoms with Crippen molar-refractivity contribution in [2.75, 3.05) is 6.54 Å². The second kappa shape index (κ2) is 8.09. The lowest BCUT2D eigenvalue weighted by atomic mass is 9.93. The Kier molecular flexibility index (Phi) is 5.95. The summed E-state index contributed by atoms with van der Waals surface area (Å²) in [6, 6.07) is 7.50. The van der Waals surface area contributed by atoms with Crippen molar-refractivity contribution in [3.05, 3.63) is 63.9 Å². The van der Waals surface area contributed by atoms with Crippen molar-refractivity contribution >= 4 is 17.6 Å². The van der Waals surface area contributed by atoms with Gasteiger partial charge >= 0.3 is 12.1 Å². The lowest BCUT2D eigenvalue weighted by Gasteiger charge is -2.39. The van der Waals surface area contributed by atoms with E-state index in [9.17, 15) is 23.1 Å². The highest BCUT2D eigenvalue weighted by Gasteiger charge is 2.38. The topological polar surface area (TPSA) is 53.4 Å². The SMILES string of the molecule is Cc1cccc(C(c2ccc(Cl)c(C(F)(F)F)c2)N2CCCCC2C(=O)O)n1. The molecule has 4 nitrogen and oxygen atoms in total. The van der Waals surface area contributed by atoms with E-state index in [1.165, 1.54) is 12.1 Å². The van der Waals surface area contributed by atoms with Crippen molar-refractivity contribution in [2.24, 2.45) is 0 Å². The predicted molar refractivity (Wildman–Crippen MR) is 99.3 cm³/mol. The predicted octanol–water partition coefficient (Wildman–Crippen LogP) is 5.09. The van der Waals surface area contributed by atoms with E-state index in [2.05, 4.69) is 4.98 Å². The summed E-state index contributed by atoms with van der Waals surface area (Å²) in [5.41, 5.74) is 0.608. The molecule has 1 fully saturated rings. The molecule has 0 radical (unpaired) electrons. The molecule has 0 spiro atoms. The molecule has 2 atom stereocenters. The first-order valence-corrected chi connectivity index (χ1v) is 9.35. The largest absolute Gasteiger partial charge is 0.480 e. The Balaban J connectivity index is 2.16. The molecule has 1 N–H and O–H groups in total. The number of aryl methyl sites for hydroxylation is 1. The van der Waals surface area contributed by atoms with Crippen molar-refractivity contribution < 1.29 is 23.1 Å². The molecule has 1 aromatic carbocycles. The second-order valence-electron chi connectivity index (χ2n) is 6.93. The molecule has 2 unspecified atom stereocenters. The lowest BCUT2D eigenvalue weighted by Crippen LogP contribution is -2.47. The van der Waals surface area contributed by atoms with E-state index in [1.54, 1.807) is 30.0 Å². The number of carboxylic acids is 1. The molecule has 1 aliphatic heterocycles. The number of aromatic nitrogens is 1. The third-order valence-corrected chi connectivity index (χ3v) is 5.29. The van der Waals surface area contributed by atoms with E-state index in [0.29, 0.717) is 29.9 Å². The molecule has 3 rings (SSSR count). The minimum absolute atomic E-state index is 0.322. The number of aliphatic carboxylic acids is 1. The van der Waals surface area contributed by atoms with Crippen LogP contribution >= 0.6 is 11.6 Å². The van der Waals surface area contributed by atoms with Gasteiger partial charge in [0, 0.05) is 5.69 Å². The Hall–Kier alpha value is -2.12. The van der Waals surface area contributed by atoms with Crippen molar-refractivity contribution in [1.29, 1.82) is 0 Å². The van der Waals surface area contributed by atoms with Gasteiger partial charge in [-0.05, 0) is 56.1 Å². The van der Waals surface area contributed by atoms with Crippen LogP contribution in [0.15, 0.2) is 36.4 Å². The summed E-state index contributed by atoms with van der Waals surface area (Å²) < 4.78 is 40.2. The highest BCUT2D eigenvalue weighted by molar-refractivity contribution is 6.31. The van der Waals surface area contributed by atoms with Gasteiger partial charge < -0.3 is 5.11 Å². The summed E-state index contributed by atoms with van der Waals surface area (Å²) in [6.45, 7) is 2.25. The molecule has 2 heterocycles. The molecule has 0 amide bonds. The van der Waals surface area contributed by atoms with Gasteiger partial charge in [-0.1, -0.05) is 30.2 Å². The van der Waals surface area contributed by atoms with Crippen molar-refractivity contribution in [1.82, 2.24) is 9.88 Å². The van der Waals surface area contributed by atoms with Gasteiger partial charge in [0.25, 0.3) is 0 Å². The van der Waals surface area contributed by atoms with Crippen LogP contribution in [0.1, 0.15) is 47.8 Å². The second-order valence-corrected chi connectivity index (χ2v) is 7.34. The van der Waals surface area contributed by atoms with E-state index in [0.717, 1.165) is 18.9 Å². The van der Waals surface area contributed by atoms with E-state index < -0.39 is 29.8 Å². The zero-order valence-corrected chi connectivity index (χ0v) is 16.0. The number of pyridine rings is 1. The van der Waals surface area contributed by atoms with Gasteiger partial charge in [-0.25, -0.2) is 0 Å². The van der Waals surface area contributed by atoms with Crippen LogP contribution in [0, 0.1) is 6.92 Å². The minimum Gasteiger partial charge on any atom is -0.480 e. The normalized spacial score (nSPS) is 19.4. The van der Waals surface area contributed by atoms with Gasteiger partial charge in [-0.15, -0.1) is 0 Å². The molecule has 1 saturated heterocycles. The van der Waals surface area contributed by atoms with E-state index in [4.69, 9.17) is 11.6 Å². The van der Waals surface area contributed by atoms with Crippen molar-refractivity contribution in [3.63, 3.8) is 0 Å². The maximum Gasteiger partial charge on any atom is 0.417 e. The minimum atomic E-state index is -4.61. The number of benzene rings is 1. The molecule has 1 aliphatic rings. The number of nitrogens with zero attached hydrogens (tertiary/aromatic N) is 2. The van der Waals surface area contributed by atoms with Gasteiger partial charge in [-0.3, -0.25) is 14.7 Å². The van der Waals surface area contributed by atoms with Crippen LogP contribution in [-0.4, -0.2) is 33.5 Å². The molecular formula is C20H20ClF3N2O2. The van der Waals surface area contributed by atoms with E-state index in [-0.39, 0.29) is 5.02 Å². The van der Waals surface area contributed by atoms with Crippen molar-refractivity contribution in [3.8, 4) is 0 Å². The average Bonchev–Trinajstić information content (AvgIpc) is 2.63. The summed E-state index contributed by atoms with van der Waals surface area (Å²) in [4.78, 5) is 18.0. The Morgan fingerprint density at radius 2 is 2.04 bits per heavy atom. The summed E-state index contributed by atoms with van der Waals surface area (Å²) in [7, 11) is 0. The first kappa shape index (κ1) is 20.6. The highest BCUT2D eigenvalue weighted by atomic mass is 35.5. The van der Waals surface area contributed by atoms with Crippen LogP contribution in [0.25, 0.3) is 0 Å².